The SMILES string of the molecule is NCCCP(=O)(O)C(O)c1ccc(SCC(=O)O)cc1.O=C=O. The van der Waals surface area contributed by atoms with Crippen LogP contribution in [0.25, 0.3) is 0 Å². The Morgan fingerprint density at radius 2 is 1.83 bits per heavy atom. The molecule has 0 saturated carbocycles. The van der Waals surface area contributed by atoms with Crippen LogP contribution in [0.1, 0.15) is 17.8 Å². The molecule has 0 saturated heterocycles. The average molecular weight is 363 g/mol. The Balaban J connectivity index is 0.00000149. The zero-order valence-electron chi connectivity index (χ0n) is 12.1. The first-order chi connectivity index (χ1) is 10.8. The first-order valence-corrected chi connectivity index (χ1v) is 9.32. The molecule has 0 spiro atoms. The predicted octanol–water partition coefficient (Wildman–Crippen LogP) is 0.890. The summed E-state index contributed by atoms with van der Waals surface area (Å²) in [6.07, 6.45) is 0.595. The average Bonchev–Trinajstić information content (AvgIpc) is 2.51. The van der Waals surface area contributed by atoms with Crippen LogP contribution in [0.4, 0.5) is 0 Å². The third kappa shape index (κ3) is 8.66. The number of carbonyl (C=O) groups excluding carboxylic acids is 2. The zero-order valence-corrected chi connectivity index (χ0v) is 13.8. The number of nitrogens with two attached hydrogens (primary N) is 1. The number of carboxylic acid groups (broad SMARTS) is 1. The van der Waals surface area contributed by atoms with Crippen molar-refractivity contribution in [3.05, 3.63) is 29.8 Å². The van der Waals surface area contributed by atoms with Gasteiger partial charge in [-0.2, -0.15) is 9.59 Å². The van der Waals surface area contributed by atoms with Crippen molar-refractivity contribution >= 4 is 31.3 Å². The Morgan fingerprint density at radius 3 is 2.26 bits per heavy atom. The third-order valence-corrected chi connectivity index (χ3v) is 5.62. The van der Waals surface area contributed by atoms with E-state index >= 15 is 0 Å². The molecule has 0 aromatic heterocycles. The van der Waals surface area contributed by atoms with Crippen LogP contribution in [-0.4, -0.2) is 45.7 Å². The Kier molecular flexibility index (Phi) is 10.4. The van der Waals surface area contributed by atoms with Crippen LogP contribution >= 0.6 is 19.1 Å². The summed E-state index contributed by atoms with van der Waals surface area (Å²) in [4.78, 5) is 37.2. The van der Waals surface area contributed by atoms with Gasteiger partial charge in [0.05, 0.1) is 5.75 Å². The van der Waals surface area contributed by atoms with Crippen molar-refractivity contribution in [2.75, 3.05) is 18.5 Å². The van der Waals surface area contributed by atoms with Gasteiger partial charge in [-0.05, 0) is 30.7 Å². The molecular formula is C13H18NO7PS. The Morgan fingerprint density at radius 1 is 1.30 bits per heavy atom. The second-order valence-corrected chi connectivity index (χ2v) is 7.83. The molecule has 2 unspecified atom stereocenters. The van der Waals surface area contributed by atoms with E-state index in [1.807, 2.05) is 0 Å². The van der Waals surface area contributed by atoms with E-state index in [4.69, 9.17) is 20.4 Å². The van der Waals surface area contributed by atoms with Gasteiger partial charge in [0.1, 0.15) is 0 Å². The quantitative estimate of drug-likeness (QED) is 0.389. The van der Waals surface area contributed by atoms with Crippen molar-refractivity contribution in [2.45, 2.75) is 17.2 Å². The number of aliphatic hydroxyl groups is 1. The lowest BCUT2D eigenvalue weighted by molar-refractivity contribution is -0.191. The van der Waals surface area contributed by atoms with E-state index in [-0.39, 0.29) is 18.1 Å². The third-order valence-electron chi connectivity index (χ3n) is 2.61. The molecule has 0 fully saturated rings. The number of carboxylic acids is 1. The van der Waals surface area contributed by atoms with E-state index < -0.39 is 19.2 Å². The molecular weight excluding hydrogens is 345 g/mol. The molecule has 8 nitrogen and oxygen atoms in total. The maximum Gasteiger partial charge on any atom is 0.373 e. The van der Waals surface area contributed by atoms with Gasteiger partial charge in [0, 0.05) is 11.1 Å². The lowest BCUT2D eigenvalue weighted by Gasteiger charge is -2.18. The summed E-state index contributed by atoms with van der Waals surface area (Å²) in [7, 11) is -3.69. The van der Waals surface area contributed by atoms with E-state index in [0.717, 1.165) is 16.7 Å². The maximum absolute atomic E-state index is 11.9. The first kappa shape index (κ1) is 21.5. The summed E-state index contributed by atoms with van der Waals surface area (Å²) in [6, 6.07) is 6.30. The molecule has 0 bridgehead atoms. The number of aliphatic carboxylic acids is 1. The lowest BCUT2D eigenvalue weighted by atomic mass is 10.2. The highest BCUT2D eigenvalue weighted by atomic mass is 32.2. The molecule has 0 radical (unpaired) electrons. The fourth-order valence-corrected chi connectivity index (χ4v) is 3.69. The second kappa shape index (κ2) is 11.1. The van der Waals surface area contributed by atoms with Gasteiger partial charge in [-0.1, -0.05) is 12.1 Å². The Labute approximate surface area is 137 Å². The maximum atomic E-state index is 11.9. The lowest BCUT2D eigenvalue weighted by Crippen LogP contribution is -2.07. The van der Waals surface area contributed by atoms with Crippen molar-refractivity contribution in [3.8, 4) is 0 Å². The van der Waals surface area contributed by atoms with Gasteiger partial charge in [0.15, 0.2) is 5.85 Å². The number of aliphatic hydroxyl groups excluding tert-OH is 1. The van der Waals surface area contributed by atoms with E-state index in [0.29, 0.717) is 18.5 Å². The zero-order chi connectivity index (χ0) is 17.9. The number of benzene rings is 1. The smallest absolute Gasteiger partial charge is 0.373 e. The molecule has 5 N–H and O–H groups in total. The van der Waals surface area contributed by atoms with Crippen molar-refractivity contribution in [2.24, 2.45) is 5.73 Å². The van der Waals surface area contributed by atoms with Gasteiger partial charge >= 0.3 is 12.1 Å². The minimum absolute atomic E-state index is 0.0276. The Hall–Kier alpha value is -1.47. The summed E-state index contributed by atoms with van der Waals surface area (Å²) in [5, 5.41) is 18.5. The van der Waals surface area contributed by atoms with Gasteiger partial charge in [-0.25, -0.2) is 0 Å². The molecule has 0 amide bonds. The van der Waals surface area contributed by atoms with Crippen molar-refractivity contribution in [1.82, 2.24) is 0 Å². The van der Waals surface area contributed by atoms with Gasteiger partial charge in [-0.15, -0.1) is 11.8 Å². The monoisotopic (exact) mass is 363 g/mol. The summed E-state index contributed by atoms with van der Waals surface area (Å²) < 4.78 is 11.9. The largest absolute Gasteiger partial charge is 0.481 e. The van der Waals surface area contributed by atoms with Crippen molar-refractivity contribution in [3.63, 3.8) is 0 Å². The number of carbonyl (C=O) groups is 1. The molecule has 1 rings (SSSR count). The topological polar surface area (TPSA) is 155 Å². The first-order valence-electron chi connectivity index (χ1n) is 6.42. The normalized spacial score (nSPS) is 13.9. The number of thioether (sulfide) groups is 1. The highest BCUT2D eigenvalue weighted by molar-refractivity contribution is 8.00. The molecule has 2 atom stereocenters. The molecule has 0 aliphatic rings. The molecule has 23 heavy (non-hydrogen) atoms. The van der Waals surface area contributed by atoms with E-state index in [1.54, 1.807) is 12.1 Å². The number of hydrogen-bond donors (Lipinski definition) is 4. The predicted molar refractivity (Wildman–Crippen MR) is 83.1 cm³/mol. The summed E-state index contributed by atoms with van der Waals surface area (Å²) in [5.74, 6) is -2.41. The van der Waals surface area contributed by atoms with Gasteiger partial charge < -0.3 is 20.8 Å². The van der Waals surface area contributed by atoms with Crippen LogP contribution in [0, 0.1) is 0 Å². The second-order valence-electron chi connectivity index (χ2n) is 4.33. The Bertz CT molecular complexity index is 572. The van der Waals surface area contributed by atoms with E-state index in [9.17, 15) is 19.4 Å². The van der Waals surface area contributed by atoms with Gasteiger partial charge in [0.2, 0.25) is 7.37 Å². The van der Waals surface area contributed by atoms with Crippen molar-refractivity contribution in [1.29, 1.82) is 0 Å². The highest BCUT2D eigenvalue weighted by Crippen LogP contribution is 2.54. The van der Waals surface area contributed by atoms with Crippen LogP contribution < -0.4 is 5.73 Å². The molecule has 128 valence electrons. The summed E-state index contributed by atoms with van der Waals surface area (Å²) in [5.41, 5.74) is 5.63. The molecule has 0 aliphatic heterocycles. The molecule has 1 aromatic carbocycles. The highest BCUT2D eigenvalue weighted by Gasteiger charge is 2.29. The molecule has 10 heteroatoms. The van der Waals surface area contributed by atoms with Crippen LogP contribution in [0.5, 0.6) is 0 Å². The van der Waals surface area contributed by atoms with E-state index in [2.05, 4.69) is 0 Å². The van der Waals surface area contributed by atoms with Gasteiger partial charge in [-0.3, -0.25) is 9.36 Å². The molecule has 0 heterocycles. The fraction of sp³-hybridized carbons (Fsp3) is 0.385. The van der Waals surface area contributed by atoms with Crippen LogP contribution in [-0.2, 0) is 18.9 Å². The van der Waals surface area contributed by atoms with Crippen LogP contribution in [0.15, 0.2) is 29.2 Å². The summed E-state index contributed by atoms with van der Waals surface area (Å²) >= 11 is 1.14. The van der Waals surface area contributed by atoms with Crippen molar-refractivity contribution < 1.29 is 34.1 Å². The van der Waals surface area contributed by atoms with Crippen LogP contribution in [0.2, 0.25) is 0 Å². The molecule has 1 aromatic rings. The van der Waals surface area contributed by atoms with Gasteiger partial charge in [0.25, 0.3) is 0 Å². The number of hydrogen-bond acceptors (Lipinski definition) is 7. The fourth-order valence-electron chi connectivity index (χ4n) is 1.55. The van der Waals surface area contributed by atoms with E-state index in [1.165, 1.54) is 12.1 Å². The summed E-state index contributed by atoms with van der Waals surface area (Å²) in [6.45, 7) is 0.294. The minimum atomic E-state index is -3.69. The number of rotatable bonds is 8. The molecule has 0 aliphatic carbocycles. The minimum Gasteiger partial charge on any atom is -0.481 e. The standard InChI is InChI=1S/C12H18NO5PS.CO2/c13-6-1-7-19(17,18)12(16)9-2-4-10(5-3-9)20-8-11(14)15;2-1-3/h2-5,12,16H,1,6-8,13H2,(H,14,15)(H,17,18);. The van der Waals surface area contributed by atoms with Crippen LogP contribution in [0.3, 0.4) is 0 Å².